The molecule has 0 amide bonds. The zero-order valence-corrected chi connectivity index (χ0v) is 12.8. The summed E-state index contributed by atoms with van der Waals surface area (Å²) in [6, 6.07) is 6.28. The fourth-order valence-electron chi connectivity index (χ4n) is 3.09. The molecule has 1 aliphatic rings. The average Bonchev–Trinajstić information content (AvgIpc) is 2.84. The SMILES string of the molecule is COc1ccc2c(c1)C(N)(Cc1csc(C)n1)CCC2. The maximum Gasteiger partial charge on any atom is 0.119 e. The number of thiazole rings is 1. The van der Waals surface area contributed by atoms with E-state index in [4.69, 9.17) is 10.5 Å². The Morgan fingerprint density at radius 2 is 2.30 bits per heavy atom. The van der Waals surface area contributed by atoms with Gasteiger partial charge >= 0.3 is 0 Å². The number of aryl methyl sites for hydroxylation is 2. The van der Waals surface area contributed by atoms with Crippen molar-refractivity contribution >= 4 is 11.3 Å². The van der Waals surface area contributed by atoms with Gasteiger partial charge in [-0.2, -0.15) is 0 Å². The zero-order chi connectivity index (χ0) is 14.2. The molecule has 0 radical (unpaired) electrons. The van der Waals surface area contributed by atoms with E-state index in [2.05, 4.69) is 22.5 Å². The maximum atomic E-state index is 6.74. The summed E-state index contributed by atoms with van der Waals surface area (Å²) in [5.41, 5.74) is 10.1. The van der Waals surface area contributed by atoms with Crippen molar-refractivity contribution in [3.8, 4) is 5.75 Å². The standard InChI is InChI=1S/C16H20N2OS/c1-11-18-13(10-20-11)9-16(17)7-3-4-12-5-6-14(19-2)8-15(12)16/h5-6,8,10H,3-4,7,9,17H2,1-2H3. The van der Waals surface area contributed by atoms with Gasteiger partial charge in [-0.3, -0.25) is 0 Å². The monoisotopic (exact) mass is 288 g/mol. The van der Waals surface area contributed by atoms with E-state index in [1.54, 1.807) is 18.4 Å². The molecule has 0 fully saturated rings. The van der Waals surface area contributed by atoms with Crippen LogP contribution in [0.4, 0.5) is 0 Å². The van der Waals surface area contributed by atoms with E-state index in [0.717, 1.165) is 42.1 Å². The summed E-state index contributed by atoms with van der Waals surface area (Å²) in [4.78, 5) is 4.57. The van der Waals surface area contributed by atoms with Crippen LogP contribution in [-0.4, -0.2) is 12.1 Å². The lowest BCUT2D eigenvalue weighted by atomic mass is 9.74. The minimum atomic E-state index is -0.317. The van der Waals surface area contributed by atoms with Gasteiger partial charge in [0.25, 0.3) is 0 Å². The van der Waals surface area contributed by atoms with Crippen LogP contribution in [0.2, 0.25) is 0 Å². The molecule has 0 aliphatic heterocycles. The highest BCUT2D eigenvalue weighted by Gasteiger charge is 2.33. The van der Waals surface area contributed by atoms with Gasteiger partial charge in [0.05, 0.1) is 17.8 Å². The number of aromatic nitrogens is 1. The number of hydrogen-bond donors (Lipinski definition) is 1. The van der Waals surface area contributed by atoms with Gasteiger partial charge in [0, 0.05) is 17.3 Å². The second-order valence-corrected chi connectivity index (χ2v) is 6.63. The molecule has 0 spiro atoms. The summed E-state index contributed by atoms with van der Waals surface area (Å²) >= 11 is 1.69. The Balaban J connectivity index is 1.98. The minimum absolute atomic E-state index is 0.317. The molecule has 2 aromatic rings. The van der Waals surface area contributed by atoms with E-state index < -0.39 is 0 Å². The van der Waals surface area contributed by atoms with Gasteiger partial charge in [0.2, 0.25) is 0 Å². The highest BCUT2D eigenvalue weighted by Crippen LogP contribution is 2.37. The molecule has 1 heterocycles. The second kappa shape index (κ2) is 5.19. The van der Waals surface area contributed by atoms with Crippen molar-refractivity contribution in [3.63, 3.8) is 0 Å². The van der Waals surface area contributed by atoms with Crippen LogP contribution in [0.15, 0.2) is 23.6 Å². The number of hydrogen-bond acceptors (Lipinski definition) is 4. The summed E-state index contributed by atoms with van der Waals surface area (Å²) in [5.74, 6) is 0.884. The lowest BCUT2D eigenvalue weighted by Crippen LogP contribution is -2.42. The number of rotatable bonds is 3. The highest BCUT2D eigenvalue weighted by atomic mass is 32.1. The van der Waals surface area contributed by atoms with Crippen molar-refractivity contribution in [1.82, 2.24) is 4.98 Å². The zero-order valence-electron chi connectivity index (χ0n) is 12.0. The van der Waals surface area contributed by atoms with Crippen molar-refractivity contribution in [3.05, 3.63) is 45.4 Å². The van der Waals surface area contributed by atoms with Gasteiger partial charge < -0.3 is 10.5 Å². The van der Waals surface area contributed by atoms with Crippen molar-refractivity contribution < 1.29 is 4.74 Å². The molecule has 3 rings (SSSR count). The Bertz CT molecular complexity index is 623. The predicted octanol–water partition coefficient (Wildman–Crippen LogP) is 3.19. The van der Waals surface area contributed by atoms with Gasteiger partial charge in [-0.1, -0.05) is 6.07 Å². The molecule has 1 unspecified atom stereocenters. The van der Waals surface area contributed by atoms with Gasteiger partial charge in [0.1, 0.15) is 5.75 Å². The third-order valence-corrected chi connectivity index (χ3v) is 4.91. The lowest BCUT2D eigenvalue weighted by Gasteiger charge is -2.35. The van der Waals surface area contributed by atoms with Gasteiger partial charge in [-0.25, -0.2) is 4.98 Å². The Labute approximate surface area is 123 Å². The molecule has 1 aromatic carbocycles. The Hall–Kier alpha value is -1.39. The first-order valence-corrected chi connectivity index (χ1v) is 7.86. The topological polar surface area (TPSA) is 48.1 Å². The molecular formula is C16H20N2OS. The lowest BCUT2D eigenvalue weighted by molar-refractivity contribution is 0.360. The molecule has 0 saturated heterocycles. The smallest absolute Gasteiger partial charge is 0.119 e. The first kappa shape index (κ1) is 13.6. The highest BCUT2D eigenvalue weighted by molar-refractivity contribution is 7.09. The van der Waals surface area contributed by atoms with E-state index >= 15 is 0 Å². The van der Waals surface area contributed by atoms with Gasteiger partial charge in [0.15, 0.2) is 0 Å². The molecule has 1 aromatic heterocycles. The molecule has 1 atom stereocenters. The van der Waals surface area contributed by atoms with Crippen LogP contribution >= 0.6 is 11.3 Å². The van der Waals surface area contributed by atoms with E-state index in [9.17, 15) is 0 Å². The van der Waals surface area contributed by atoms with E-state index in [1.165, 1.54) is 11.1 Å². The largest absolute Gasteiger partial charge is 0.497 e. The Morgan fingerprint density at radius 1 is 1.45 bits per heavy atom. The number of benzene rings is 1. The maximum absolute atomic E-state index is 6.74. The summed E-state index contributed by atoms with van der Waals surface area (Å²) in [6.07, 6.45) is 4.05. The predicted molar refractivity (Wildman–Crippen MR) is 82.4 cm³/mol. The molecular weight excluding hydrogens is 268 g/mol. The second-order valence-electron chi connectivity index (χ2n) is 5.57. The fourth-order valence-corrected chi connectivity index (χ4v) is 3.70. The van der Waals surface area contributed by atoms with Gasteiger partial charge in [-0.05, 0) is 49.4 Å². The summed E-state index contributed by atoms with van der Waals surface area (Å²) in [6.45, 7) is 2.04. The molecule has 0 bridgehead atoms. The number of ether oxygens (including phenoxy) is 1. The third kappa shape index (κ3) is 2.45. The number of fused-ring (bicyclic) bond motifs is 1. The van der Waals surface area contributed by atoms with Crippen molar-refractivity contribution in [2.75, 3.05) is 7.11 Å². The van der Waals surface area contributed by atoms with Crippen LogP contribution in [0.3, 0.4) is 0 Å². The average molecular weight is 288 g/mol. The summed E-state index contributed by atoms with van der Waals surface area (Å²) < 4.78 is 5.36. The van der Waals surface area contributed by atoms with Crippen LogP contribution in [0, 0.1) is 6.92 Å². The van der Waals surface area contributed by atoms with Crippen molar-refractivity contribution in [2.24, 2.45) is 5.73 Å². The van der Waals surface area contributed by atoms with Crippen LogP contribution in [0.1, 0.15) is 34.7 Å². The molecule has 106 valence electrons. The number of nitrogens with two attached hydrogens (primary N) is 1. The summed E-state index contributed by atoms with van der Waals surface area (Å²) in [7, 11) is 1.70. The normalized spacial score (nSPS) is 21.6. The molecule has 3 nitrogen and oxygen atoms in total. The molecule has 1 aliphatic carbocycles. The van der Waals surface area contributed by atoms with Crippen molar-refractivity contribution in [1.29, 1.82) is 0 Å². The Morgan fingerprint density at radius 3 is 3.00 bits per heavy atom. The quantitative estimate of drug-likeness (QED) is 0.943. The third-order valence-electron chi connectivity index (χ3n) is 4.09. The minimum Gasteiger partial charge on any atom is -0.497 e. The van der Waals surface area contributed by atoms with E-state index in [-0.39, 0.29) is 5.54 Å². The molecule has 0 saturated carbocycles. The van der Waals surface area contributed by atoms with Gasteiger partial charge in [-0.15, -0.1) is 11.3 Å². The van der Waals surface area contributed by atoms with Crippen molar-refractivity contribution in [2.45, 2.75) is 38.1 Å². The van der Waals surface area contributed by atoms with Crippen LogP contribution in [-0.2, 0) is 18.4 Å². The molecule has 2 N–H and O–H groups in total. The van der Waals surface area contributed by atoms with E-state index in [0.29, 0.717) is 0 Å². The summed E-state index contributed by atoms with van der Waals surface area (Å²) in [5, 5.41) is 3.23. The Kier molecular flexibility index (Phi) is 3.52. The van der Waals surface area contributed by atoms with Crippen LogP contribution < -0.4 is 10.5 Å². The first-order chi connectivity index (χ1) is 9.60. The fraction of sp³-hybridized carbons (Fsp3) is 0.438. The van der Waals surface area contributed by atoms with Crippen LogP contribution in [0.5, 0.6) is 5.75 Å². The van der Waals surface area contributed by atoms with Crippen LogP contribution in [0.25, 0.3) is 0 Å². The van der Waals surface area contributed by atoms with E-state index in [1.807, 2.05) is 13.0 Å². The molecule has 4 heteroatoms. The number of nitrogens with zero attached hydrogens (tertiary/aromatic N) is 1. The number of methoxy groups -OCH3 is 1. The first-order valence-electron chi connectivity index (χ1n) is 6.98. The molecule has 20 heavy (non-hydrogen) atoms.